The summed E-state index contributed by atoms with van der Waals surface area (Å²) in [4.78, 5) is 28.8. The number of hydrogen-bond acceptors (Lipinski definition) is 4. The number of amides is 2. The Morgan fingerprint density at radius 1 is 0.909 bits per heavy atom. The molecule has 0 aromatic heterocycles. The quantitative estimate of drug-likeness (QED) is 0.450. The molecule has 4 rings (SSSR count). The highest BCUT2D eigenvalue weighted by molar-refractivity contribution is 5.93. The molecule has 1 aliphatic heterocycles. The van der Waals surface area contributed by atoms with Gasteiger partial charge < -0.3 is 4.90 Å². The molecule has 0 unspecified atom stereocenters. The molecular weight excluding hydrogens is 414 g/mol. The molecule has 0 aliphatic carbocycles. The molecule has 1 heterocycles. The molecule has 3 aromatic rings. The van der Waals surface area contributed by atoms with Crippen LogP contribution < -0.4 is 5.48 Å². The molecule has 33 heavy (non-hydrogen) atoms. The van der Waals surface area contributed by atoms with Gasteiger partial charge in [0, 0.05) is 37.8 Å². The third-order valence-electron chi connectivity index (χ3n) is 6.21. The van der Waals surface area contributed by atoms with Gasteiger partial charge >= 0.3 is 0 Å². The van der Waals surface area contributed by atoms with Gasteiger partial charge in [0.2, 0.25) is 5.91 Å². The minimum Gasteiger partial charge on any atom is -0.340 e. The van der Waals surface area contributed by atoms with E-state index in [0.717, 1.165) is 35.3 Å². The van der Waals surface area contributed by atoms with E-state index in [1.807, 2.05) is 47.4 Å². The van der Waals surface area contributed by atoms with Gasteiger partial charge in [0.1, 0.15) is 0 Å². The molecule has 1 saturated heterocycles. The van der Waals surface area contributed by atoms with E-state index in [0.29, 0.717) is 25.1 Å². The van der Waals surface area contributed by atoms with Crippen LogP contribution >= 0.6 is 0 Å². The SMILES string of the molecule is C[C@H]1CN(C(=O)Cc2cccc(-c3ccccc3)c2)CCN1Cc1ccc(C(=O)NO)cc1. The van der Waals surface area contributed by atoms with Gasteiger partial charge in [0.05, 0.1) is 6.42 Å². The number of hydroxylamine groups is 1. The fourth-order valence-electron chi connectivity index (χ4n) is 4.30. The minimum absolute atomic E-state index is 0.158. The molecule has 1 atom stereocenters. The lowest BCUT2D eigenvalue weighted by molar-refractivity contribution is -0.133. The van der Waals surface area contributed by atoms with Crippen molar-refractivity contribution in [1.29, 1.82) is 0 Å². The van der Waals surface area contributed by atoms with E-state index < -0.39 is 5.91 Å². The zero-order valence-electron chi connectivity index (χ0n) is 18.8. The van der Waals surface area contributed by atoms with Crippen LogP contribution in [-0.4, -0.2) is 52.5 Å². The van der Waals surface area contributed by atoms with Gasteiger partial charge in [0.15, 0.2) is 0 Å². The average molecular weight is 444 g/mol. The maximum absolute atomic E-state index is 13.0. The van der Waals surface area contributed by atoms with Gasteiger partial charge in [-0.25, -0.2) is 5.48 Å². The second-order valence-corrected chi connectivity index (χ2v) is 8.54. The van der Waals surface area contributed by atoms with Crippen LogP contribution in [0.1, 0.15) is 28.4 Å². The Labute approximate surface area is 194 Å². The molecule has 3 aromatic carbocycles. The molecule has 1 fully saturated rings. The average Bonchev–Trinajstić information content (AvgIpc) is 2.86. The Balaban J connectivity index is 1.33. The standard InChI is InChI=1S/C27H29N3O3/c1-20-18-30(15-14-29(20)19-21-10-12-24(13-11-21)27(32)28-33)26(31)17-22-6-5-9-25(16-22)23-7-3-2-4-8-23/h2-13,16,20,33H,14-15,17-19H2,1H3,(H,28,32)/t20-/m0/s1. The number of nitrogens with one attached hydrogen (secondary N) is 1. The van der Waals surface area contributed by atoms with Gasteiger partial charge in [-0.15, -0.1) is 0 Å². The van der Waals surface area contributed by atoms with E-state index in [2.05, 4.69) is 36.1 Å². The second kappa shape index (κ2) is 10.4. The summed E-state index contributed by atoms with van der Waals surface area (Å²) >= 11 is 0. The normalized spacial score (nSPS) is 16.4. The smallest absolute Gasteiger partial charge is 0.274 e. The zero-order chi connectivity index (χ0) is 23.2. The molecule has 6 nitrogen and oxygen atoms in total. The molecule has 6 heteroatoms. The first-order valence-electron chi connectivity index (χ1n) is 11.2. The van der Waals surface area contributed by atoms with Gasteiger partial charge in [-0.05, 0) is 41.3 Å². The molecule has 0 saturated carbocycles. The van der Waals surface area contributed by atoms with Crippen molar-refractivity contribution in [2.75, 3.05) is 19.6 Å². The number of hydrogen-bond donors (Lipinski definition) is 2. The first-order chi connectivity index (χ1) is 16.0. The van der Waals surface area contributed by atoms with Crippen molar-refractivity contribution in [3.8, 4) is 11.1 Å². The summed E-state index contributed by atoms with van der Waals surface area (Å²) in [6.07, 6.45) is 0.405. The summed E-state index contributed by atoms with van der Waals surface area (Å²) in [6, 6.07) is 25.9. The van der Waals surface area contributed by atoms with Crippen molar-refractivity contribution in [2.45, 2.75) is 25.9 Å². The number of piperazine rings is 1. The van der Waals surface area contributed by atoms with Crippen LogP contribution in [-0.2, 0) is 17.8 Å². The summed E-state index contributed by atoms with van der Waals surface area (Å²) < 4.78 is 0. The van der Waals surface area contributed by atoms with E-state index in [9.17, 15) is 9.59 Å². The third-order valence-corrected chi connectivity index (χ3v) is 6.21. The number of carbonyl (C=O) groups is 2. The largest absolute Gasteiger partial charge is 0.340 e. The Morgan fingerprint density at radius 3 is 2.33 bits per heavy atom. The van der Waals surface area contributed by atoms with Crippen molar-refractivity contribution in [3.63, 3.8) is 0 Å². The van der Waals surface area contributed by atoms with Crippen molar-refractivity contribution in [2.24, 2.45) is 0 Å². The summed E-state index contributed by atoms with van der Waals surface area (Å²) in [5.41, 5.74) is 6.46. The highest BCUT2D eigenvalue weighted by atomic mass is 16.5. The lowest BCUT2D eigenvalue weighted by Gasteiger charge is -2.40. The Bertz CT molecular complexity index is 1100. The highest BCUT2D eigenvalue weighted by Gasteiger charge is 2.26. The fraction of sp³-hybridized carbons (Fsp3) is 0.259. The molecule has 2 amide bonds. The molecule has 0 spiro atoms. The lowest BCUT2D eigenvalue weighted by Crippen LogP contribution is -2.53. The van der Waals surface area contributed by atoms with Crippen molar-refractivity contribution >= 4 is 11.8 Å². The van der Waals surface area contributed by atoms with Crippen molar-refractivity contribution in [3.05, 3.63) is 95.6 Å². The van der Waals surface area contributed by atoms with Gasteiger partial charge in [-0.2, -0.15) is 0 Å². The summed E-state index contributed by atoms with van der Waals surface area (Å²) in [5, 5.41) is 8.74. The number of carbonyl (C=O) groups excluding carboxylic acids is 2. The first kappa shape index (κ1) is 22.7. The maximum atomic E-state index is 13.0. The van der Waals surface area contributed by atoms with Crippen LogP contribution in [0.4, 0.5) is 0 Å². The number of nitrogens with zero attached hydrogens (tertiary/aromatic N) is 2. The summed E-state index contributed by atoms with van der Waals surface area (Å²) in [7, 11) is 0. The highest BCUT2D eigenvalue weighted by Crippen LogP contribution is 2.21. The first-order valence-corrected chi connectivity index (χ1v) is 11.2. The van der Waals surface area contributed by atoms with Crippen LogP contribution in [0, 0.1) is 0 Å². The Morgan fingerprint density at radius 2 is 1.64 bits per heavy atom. The van der Waals surface area contributed by atoms with E-state index in [4.69, 9.17) is 5.21 Å². The summed E-state index contributed by atoms with van der Waals surface area (Å²) in [6.45, 7) is 5.09. The lowest BCUT2D eigenvalue weighted by atomic mass is 10.0. The van der Waals surface area contributed by atoms with Crippen molar-refractivity contribution in [1.82, 2.24) is 15.3 Å². The topological polar surface area (TPSA) is 72.9 Å². The van der Waals surface area contributed by atoms with Crippen LogP contribution in [0.2, 0.25) is 0 Å². The second-order valence-electron chi connectivity index (χ2n) is 8.54. The van der Waals surface area contributed by atoms with Crippen molar-refractivity contribution < 1.29 is 14.8 Å². The number of rotatable bonds is 6. The molecule has 170 valence electrons. The number of benzene rings is 3. The Hall–Kier alpha value is -3.48. The molecule has 1 aliphatic rings. The van der Waals surface area contributed by atoms with E-state index >= 15 is 0 Å². The molecule has 2 N–H and O–H groups in total. The predicted octanol–water partition coefficient (Wildman–Crippen LogP) is 3.75. The monoisotopic (exact) mass is 443 g/mol. The Kier molecular flexibility index (Phi) is 7.17. The minimum atomic E-state index is -0.517. The molecular formula is C27H29N3O3. The maximum Gasteiger partial charge on any atom is 0.274 e. The van der Waals surface area contributed by atoms with Crippen LogP contribution in [0.3, 0.4) is 0 Å². The van der Waals surface area contributed by atoms with Gasteiger partial charge in [-0.1, -0.05) is 66.7 Å². The van der Waals surface area contributed by atoms with Crippen LogP contribution in [0.25, 0.3) is 11.1 Å². The van der Waals surface area contributed by atoms with E-state index in [1.54, 1.807) is 17.6 Å². The van der Waals surface area contributed by atoms with Crippen LogP contribution in [0.15, 0.2) is 78.9 Å². The third kappa shape index (κ3) is 5.66. The van der Waals surface area contributed by atoms with E-state index in [-0.39, 0.29) is 11.9 Å². The molecule has 0 radical (unpaired) electrons. The van der Waals surface area contributed by atoms with Crippen LogP contribution in [0.5, 0.6) is 0 Å². The molecule has 0 bridgehead atoms. The summed E-state index contributed by atoms with van der Waals surface area (Å²) in [5.74, 6) is -0.359. The van der Waals surface area contributed by atoms with Gasteiger partial charge in [0.25, 0.3) is 5.91 Å². The van der Waals surface area contributed by atoms with E-state index in [1.165, 1.54) is 0 Å². The predicted molar refractivity (Wildman–Crippen MR) is 128 cm³/mol. The fourth-order valence-corrected chi connectivity index (χ4v) is 4.30. The van der Waals surface area contributed by atoms with Gasteiger partial charge in [-0.3, -0.25) is 19.7 Å². The zero-order valence-corrected chi connectivity index (χ0v) is 18.8.